The molecule has 0 spiro atoms. The van der Waals surface area contributed by atoms with Crippen LogP contribution in [0.1, 0.15) is 49.0 Å². The summed E-state index contributed by atoms with van der Waals surface area (Å²) in [6.07, 6.45) is 0.645. The molecule has 2 amide bonds. The smallest absolute Gasteiger partial charge is 0.310 e. The average Bonchev–Trinajstić information content (AvgIpc) is 2.69. The van der Waals surface area contributed by atoms with Gasteiger partial charge in [-0.15, -0.1) is 0 Å². The third-order valence-electron chi connectivity index (χ3n) is 5.20. The van der Waals surface area contributed by atoms with E-state index in [1.54, 1.807) is 63.2 Å². The van der Waals surface area contributed by atoms with Gasteiger partial charge in [0.15, 0.2) is 0 Å². The van der Waals surface area contributed by atoms with Crippen molar-refractivity contribution >= 4 is 29.2 Å². The number of hydrogen-bond donors (Lipinski definition) is 3. The van der Waals surface area contributed by atoms with Gasteiger partial charge in [-0.2, -0.15) is 0 Å². The van der Waals surface area contributed by atoms with E-state index >= 15 is 0 Å². The lowest BCUT2D eigenvalue weighted by Gasteiger charge is -2.26. The lowest BCUT2D eigenvalue weighted by atomic mass is 9.79. The molecule has 0 aromatic heterocycles. The quantitative estimate of drug-likeness (QED) is 0.628. The fraction of sp³-hybridized carbons (Fsp3) is 0.318. The summed E-state index contributed by atoms with van der Waals surface area (Å²) in [7, 11) is 0. The number of carboxylic acid groups (broad SMARTS) is 1. The van der Waals surface area contributed by atoms with Crippen molar-refractivity contribution in [3.63, 3.8) is 0 Å². The van der Waals surface area contributed by atoms with Gasteiger partial charge in [-0.05, 0) is 49.6 Å². The summed E-state index contributed by atoms with van der Waals surface area (Å²) in [5.41, 5.74) is 1.30. The summed E-state index contributed by atoms with van der Waals surface area (Å²) in [6, 6.07) is 14.1. The third-order valence-corrected chi connectivity index (χ3v) is 5.20. The molecule has 0 saturated carbocycles. The third kappa shape index (κ3) is 4.76. The van der Waals surface area contributed by atoms with Crippen LogP contribution in [0.3, 0.4) is 0 Å². The van der Waals surface area contributed by atoms with E-state index in [0.29, 0.717) is 35.3 Å². The SMILES string of the molecule is CCC(CC)(CC(=O)Nc1cccc(NC(=O)c2ccccc2)c1C)C(=O)O. The Bertz CT molecular complexity index is 858. The highest BCUT2D eigenvalue weighted by Crippen LogP contribution is 2.32. The van der Waals surface area contributed by atoms with Gasteiger partial charge in [-0.1, -0.05) is 38.1 Å². The maximum atomic E-state index is 12.5. The van der Waals surface area contributed by atoms with E-state index in [0.717, 1.165) is 0 Å². The molecule has 2 aromatic carbocycles. The highest BCUT2D eigenvalue weighted by atomic mass is 16.4. The van der Waals surface area contributed by atoms with Crippen molar-refractivity contribution in [1.29, 1.82) is 0 Å². The summed E-state index contributed by atoms with van der Waals surface area (Å²) in [6.45, 7) is 5.34. The zero-order valence-corrected chi connectivity index (χ0v) is 16.4. The number of benzene rings is 2. The molecule has 0 heterocycles. The molecule has 0 aliphatic rings. The minimum Gasteiger partial charge on any atom is -0.481 e. The molecule has 6 heteroatoms. The second-order valence-corrected chi connectivity index (χ2v) is 6.82. The summed E-state index contributed by atoms with van der Waals surface area (Å²) < 4.78 is 0. The van der Waals surface area contributed by atoms with Gasteiger partial charge in [0.2, 0.25) is 5.91 Å². The molecule has 0 atom stereocenters. The van der Waals surface area contributed by atoms with Crippen molar-refractivity contribution in [1.82, 2.24) is 0 Å². The molecule has 28 heavy (non-hydrogen) atoms. The normalized spacial score (nSPS) is 11.0. The van der Waals surface area contributed by atoms with Gasteiger partial charge < -0.3 is 15.7 Å². The molecule has 0 aliphatic heterocycles. The zero-order valence-electron chi connectivity index (χ0n) is 16.4. The molecule has 2 rings (SSSR count). The Labute approximate surface area is 165 Å². The van der Waals surface area contributed by atoms with Gasteiger partial charge in [0.05, 0.1) is 5.41 Å². The molecular weight excluding hydrogens is 356 g/mol. The molecule has 0 aliphatic carbocycles. The number of aliphatic carboxylic acids is 1. The monoisotopic (exact) mass is 382 g/mol. The predicted molar refractivity (Wildman–Crippen MR) is 109 cm³/mol. The fourth-order valence-corrected chi connectivity index (χ4v) is 3.07. The molecule has 0 bridgehead atoms. The molecule has 0 radical (unpaired) electrons. The van der Waals surface area contributed by atoms with Crippen LogP contribution in [0.5, 0.6) is 0 Å². The average molecular weight is 382 g/mol. The van der Waals surface area contributed by atoms with Crippen LogP contribution in [0, 0.1) is 12.3 Å². The standard InChI is InChI=1S/C22H26N2O4/c1-4-22(5-2,21(27)28)14-19(25)23-17-12-9-13-18(15(17)3)24-20(26)16-10-7-6-8-11-16/h6-13H,4-5,14H2,1-3H3,(H,23,25)(H,24,26)(H,27,28). The van der Waals surface area contributed by atoms with Crippen LogP contribution in [0.4, 0.5) is 11.4 Å². The van der Waals surface area contributed by atoms with E-state index in [9.17, 15) is 19.5 Å². The Morgan fingerprint density at radius 1 is 0.893 bits per heavy atom. The first-order chi connectivity index (χ1) is 13.3. The molecule has 2 aromatic rings. The van der Waals surface area contributed by atoms with Crippen LogP contribution in [0.2, 0.25) is 0 Å². The maximum Gasteiger partial charge on any atom is 0.310 e. The Balaban J connectivity index is 2.15. The van der Waals surface area contributed by atoms with E-state index in [1.807, 2.05) is 6.07 Å². The number of hydrogen-bond acceptors (Lipinski definition) is 3. The minimum absolute atomic E-state index is 0.102. The van der Waals surface area contributed by atoms with Crippen molar-refractivity contribution in [2.24, 2.45) is 5.41 Å². The predicted octanol–water partition coefficient (Wildman–Crippen LogP) is 4.47. The summed E-state index contributed by atoms with van der Waals surface area (Å²) in [4.78, 5) is 36.5. The lowest BCUT2D eigenvalue weighted by Crippen LogP contribution is -2.34. The summed E-state index contributed by atoms with van der Waals surface area (Å²) >= 11 is 0. The highest BCUT2D eigenvalue weighted by Gasteiger charge is 2.37. The maximum absolute atomic E-state index is 12.5. The Kier molecular flexibility index (Phi) is 6.93. The van der Waals surface area contributed by atoms with Gasteiger partial charge in [-0.3, -0.25) is 14.4 Å². The summed E-state index contributed by atoms with van der Waals surface area (Å²) in [5, 5.41) is 15.2. The van der Waals surface area contributed by atoms with Crippen LogP contribution in [-0.4, -0.2) is 22.9 Å². The molecule has 0 saturated heterocycles. The van der Waals surface area contributed by atoms with Gasteiger partial charge in [0.25, 0.3) is 5.91 Å². The fourth-order valence-electron chi connectivity index (χ4n) is 3.07. The van der Waals surface area contributed by atoms with Crippen molar-refractivity contribution in [2.75, 3.05) is 10.6 Å². The second kappa shape index (κ2) is 9.17. The Morgan fingerprint density at radius 2 is 1.46 bits per heavy atom. The topological polar surface area (TPSA) is 95.5 Å². The van der Waals surface area contributed by atoms with Gasteiger partial charge >= 0.3 is 5.97 Å². The van der Waals surface area contributed by atoms with Crippen LogP contribution in [0.15, 0.2) is 48.5 Å². The number of carbonyl (C=O) groups excluding carboxylic acids is 2. The van der Waals surface area contributed by atoms with Crippen LogP contribution in [-0.2, 0) is 9.59 Å². The van der Waals surface area contributed by atoms with E-state index in [2.05, 4.69) is 10.6 Å². The molecule has 148 valence electrons. The van der Waals surface area contributed by atoms with Crippen molar-refractivity contribution < 1.29 is 19.5 Å². The number of carbonyl (C=O) groups is 3. The number of nitrogens with one attached hydrogen (secondary N) is 2. The van der Waals surface area contributed by atoms with E-state index in [-0.39, 0.29) is 18.2 Å². The number of carboxylic acids is 1. The molecule has 0 fully saturated rings. The lowest BCUT2D eigenvalue weighted by molar-refractivity contribution is -0.151. The first-order valence-corrected chi connectivity index (χ1v) is 9.32. The first-order valence-electron chi connectivity index (χ1n) is 9.32. The minimum atomic E-state index is -1.07. The largest absolute Gasteiger partial charge is 0.481 e. The second-order valence-electron chi connectivity index (χ2n) is 6.82. The molecule has 6 nitrogen and oxygen atoms in total. The van der Waals surface area contributed by atoms with E-state index < -0.39 is 11.4 Å². The van der Waals surface area contributed by atoms with E-state index in [4.69, 9.17) is 0 Å². The van der Waals surface area contributed by atoms with Crippen LogP contribution in [0.25, 0.3) is 0 Å². The van der Waals surface area contributed by atoms with Crippen molar-refractivity contribution in [2.45, 2.75) is 40.0 Å². The van der Waals surface area contributed by atoms with Gasteiger partial charge in [0.1, 0.15) is 0 Å². The molecular formula is C22H26N2O4. The summed E-state index contributed by atoms with van der Waals surface area (Å²) in [5.74, 6) is -1.57. The Morgan fingerprint density at radius 3 is 2.00 bits per heavy atom. The number of amides is 2. The van der Waals surface area contributed by atoms with E-state index in [1.165, 1.54) is 0 Å². The number of anilines is 2. The molecule has 0 unspecified atom stereocenters. The first kappa shape index (κ1) is 21.2. The van der Waals surface area contributed by atoms with Crippen molar-refractivity contribution in [3.05, 3.63) is 59.7 Å². The van der Waals surface area contributed by atoms with Crippen LogP contribution >= 0.6 is 0 Å². The van der Waals surface area contributed by atoms with Gasteiger partial charge in [-0.25, -0.2) is 0 Å². The number of rotatable bonds is 8. The van der Waals surface area contributed by atoms with Crippen LogP contribution < -0.4 is 10.6 Å². The Hall–Kier alpha value is -3.15. The van der Waals surface area contributed by atoms with Gasteiger partial charge in [0, 0.05) is 23.4 Å². The highest BCUT2D eigenvalue weighted by molar-refractivity contribution is 6.05. The van der Waals surface area contributed by atoms with Crippen molar-refractivity contribution in [3.8, 4) is 0 Å². The molecule has 3 N–H and O–H groups in total. The zero-order chi connectivity index (χ0) is 20.7.